The first-order valence-corrected chi connectivity index (χ1v) is 10.6. The SMILES string of the molecule is Cn1c(-c2ccccc2CCc2ccccc2)nnc1C(C)(C)Oc1c(F)cc(F)cc1F. The summed E-state index contributed by atoms with van der Waals surface area (Å²) in [6, 6.07) is 19.3. The average Bonchev–Trinajstić information content (AvgIpc) is 3.18. The largest absolute Gasteiger partial charge is 0.474 e. The molecular weight excluding hydrogens is 427 g/mol. The monoisotopic (exact) mass is 451 g/mol. The lowest BCUT2D eigenvalue weighted by Gasteiger charge is -2.26. The summed E-state index contributed by atoms with van der Waals surface area (Å²) in [5, 5.41) is 8.62. The second-order valence-electron chi connectivity index (χ2n) is 8.36. The molecule has 0 radical (unpaired) electrons. The zero-order chi connectivity index (χ0) is 23.6. The highest BCUT2D eigenvalue weighted by Crippen LogP contribution is 2.33. The maximum atomic E-state index is 14.2. The first-order valence-electron chi connectivity index (χ1n) is 10.6. The maximum Gasteiger partial charge on any atom is 0.192 e. The molecule has 0 fully saturated rings. The Labute approximate surface area is 190 Å². The lowest BCUT2D eigenvalue weighted by molar-refractivity contribution is 0.0833. The highest BCUT2D eigenvalue weighted by atomic mass is 19.1. The number of aryl methyl sites for hydroxylation is 2. The Balaban J connectivity index is 1.63. The lowest BCUT2D eigenvalue weighted by atomic mass is 9.99. The first-order chi connectivity index (χ1) is 15.8. The third kappa shape index (κ3) is 4.77. The summed E-state index contributed by atoms with van der Waals surface area (Å²) < 4.78 is 49.0. The van der Waals surface area contributed by atoms with Gasteiger partial charge in [0.15, 0.2) is 34.6 Å². The number of halogens is 3. The van der Waals surface area contributed by atoms with Crippen LogP contribution in [0.25, 0.3) is 11.4 Å². The van der Waals surface area contributed by atoms with Crippen molar-refractivity contribution in [2.24, 2.45) is 7.05 Å². The van der Waals surface area contributed by atoms with E-state index in [9.17, 15) is 13.2 Å². The van der Waals surface area contributed by atoms with Gasteiger partial charge in [0.2, 0.25) is 0 Å². The number of benzene rings is 3. The Morgan fingerprint density at radius 1 is 0.848 bits per heavy atom. The van der Waals surface area contributed by atoms with Crippen LogP contribution in [0, 0.1) is 17.5 Å². The van der Waals surface area contributed by atoms with E-state index >= 15 is 0 Å². The van der Waals surface area contributed by atoms with E-state index in [1.54, 1.807) is 25.5 Å². The van der Waals surface area contributed by atoms with Crippen molar-refractivity contribution >= 4 is 0 Å². The summed E-state index contributed by atoms with van der Waals surface area (Å²) >= 11 is 0. The van der Waals surface area contributed by atoms with E-state index in [-0.39, 0.29) is 0 Å². The molecule has 0 bridgehead atoms. The smallest absolute Gasteiger partial charge is 0.192 e. The van der Waals surface area contributed by atoms with Crippen molar-refractivity contribution in [3.8, 4) is 17.1 Å². The maximum absolute atomic E-state index is 14.2. The average molecular weight is 451 g/mol. The molecule has 0 aliphatic rings. The van der Waals surface area contributed by atoms with Gasteiger partial charge in [-0.25, -0.2) is 13.2 Å². The molecule has 0 spiro atoms. The Morgan fingerprint density at radius 3 is 2.18 bits per heavy atom. The highest BCUT2D eigenvalue weighted by molar-refractivity contribution is 5.61. The van der Waals surface area contributed by atoms with Crippen LogP contribution in [0.1, 0.15) is 30.8 Å². The van der Waals surface area contributed by atoms with E-state index in [2.05, 4.69) is 28.4 Å². The van der Waals surface area contributed by atoms with Crippen molar-refractivity contribution in [3.63, 3.8) is 0 Å². The van der Waals surface area contributed by atoms with Crippen molar-refractivity contribution in [1.29, 1.82) is 0 Å². The molecule has 0 atom stereocenters. The van der Waals surface area contributed by atoms with E-state index in [0.717, 1.165) is 24.0 Å². The van der Waals surface area contributed by atoms with Crippen LogP contribution in [0.15, 0.2) is 66.7 Å². The molecule has 0 saturated heterocycles. The quantitative estimate of drug-likeness (QED) is 0.346. The van der Waals surface area contributed by atoms with Crippen LogP contribution in [-0.4, -0.2) is 14.8 Å². The fraction of sp³-hybridized carbons (Fsp3) is 0.231. The summed E-state index contributed by atoms with van der Waals surface area (Å²) in [6.07, 6.45) is 1.69. The molecule has 0 N–H and O–H groups in total. The van der Waals surface area contributed by atoms with Crippen LogP contribution >= 0.6 is 0 Å². The summed E-state index contributed by atoms with van der Waals surface area (Å²) in [7, 11) is 1.78. The molecule has 33 heavy (non-hydrogen) atoms. The van der Waals surface area contributed by atoms with Crippen LogP contribution in [0.4, 0.5) is 13.2 Å². The van der Waals surface area contributed by atoms with Crippen LogP contribution in [0.3, 0.4) is 0 Å². The standard InChI is InChI=1S/C26H24F3N3O/c1-26(2,33-23-21(28)15-19(27)16-22(23)29)25-31-30-24(32(25)3)20-12-8-7-11-18(20)14-13-17-9-5-4-6-10-17/h4-12,15-16H,13-14H2,1-3H3. The van der Waals surface area contributed by atoms with Gasteiger partial charge in [-0.3, -0.25) is 0 Å². The van der Waals surface area contributed by atoms with Gasteiger partial charge in [-0.05, 0) is 37.8 Å². The van der Waals surface area contributed by atoms with Gasteiger partial charge in [-0.15, -0.1) is 10.2 Å². The number of rotatable bonds is 7. The van der Waals surface area contributed by atoms with Gasteiger partial charge in [-0.1, -0.05) is 54.6 Å². The Morgan fingerprint density at radius 2 is 1.48 bits per heavy atom. The highest BCUT2D eigenvalue weighted by Gasteiger charge is 2.32. The number of hydrogen-bond acceptors (Lipinski definition) is 3. The van der Waals surface area contributed by atoms with Gasteiger partial charge in [0, 0.05) is 24.7 Å². The van der Waals surface area contributed by atoms with Crippen LogP contribution in [0.5, 0.6) is 5.75 Å². The molecule has 0 unspecified atom stereocenters. The van der Waals surface area contributed by atoms with Crippen molar-refractivity contribution in [2.75, 3.05) is 0 Å². The van der Waals surface area contributed by atoms with E-state index in [4.69, 9.17) is 4.74 Å². The van der Waals surface area contributed by atoms with Gasteiger partial charge in [0.25, 0.3) is 0 Å². The fourth-order valence-corrected chi connectivity index (χ4v) is 3.90. The summed E-state index contributed by atoms with van der Waals surface area (Å²) in [6.45, 7) is 3.26. The van der Waals surface area contributed by atoms with Crippen LogP contribution < -0.4 is 4.74 Å². The van der Waals surface area contributed by atoms with Crippen molar-refractivity contribution in [2.45, 2.75) is 32.3 Å². The minimum absolute atomic E-state index is 0.374. The lowest BCUT2D eigenvalue weighted by Crippen LogP contribution is -2.30. The fourth-order valence-electron chi connectivity index (χ4n) is 3.90. The van der Waals surface area contributed by atoms with E-state index < -0.39 is 28.8 Å². The molecule has 0 aliphatic carbocycles. The van der Waals surface area contributed by atoms with Gasteiger partial charge >= 0.3 is 0 Å². The summed E-state index contributed by atoms with van der Waals surface area (Å²) in [5.74, 6) is -2.91. The Hall–Kier alpha value is -3.61. The molecule has 7 heteroatoms. The molecule has 0 aliphatic heterocycles. The van der Waals surface area contributed by atoms with E-state index in [1.807, 2.05) is 36.4 Å². The second kappa shape index (κ2) is 9.10. The number of aromatic nitrogens is 3. The van der Waals surface area contributed by atoms with Crippen LogP contribution in [-0.2, 0) is 25.5 Å². The molecule has 4 nitrogen and oxygen atoms in total. The van der Waals surface area contributed by atoms with Gasteiger partial charge < -0.3 is 9.30 Å². The molecule has 3 aromatic carbocycles. The zero-order valence-electron chi connectivity index (χ0n) is 18.6. The molecule has 4 aromatic rings. The third-order valence-electron chi connectivity index (χ3n) is 5.52. The molecule has 0 saturated carbocycles. The molecular formula is C26H24F3N3O. The molecule has 170 valence electrons. The Bertz CT molecular complexity index is 1250. The van der Waals surface area contributed by atoms with Gasteiger partial charge in [-0.2, -0.15) is 0 Å². The van der Waals surface area contributed by atoms with Crippen molar-refractivity contribution in [3.05, 3.63) is 101 Å². The van der Waals surface area contributed by atoms with Crippen molar-refractivity contribution in [1.82, 2.24) is 14.8 Å². The Kier molecular flexibility index (Phi) is 6.22. The molecule has 4 rings (SSSR count). The molecule has 1 aromatic heterocycles. The zero-order valence-corrected chi connectivity index (χ0v) is 18.6. The number of ether oxygens (including phenoxy) is 1. The third-order valence-corrected chi connectivity index (χ3v) is 5.52. The summed E-state index contributed by atoms with van der Waals surface area (Å²) in [4.78, 5) is 0. The minimum Gasteiger partial charge on any atom is -0.474 e. The van der Waals surface area contributed by atoms with Gasteiger partial charge in [0.05, 0.1) is 0 Å². The predicted molar refractivity (Wildman–Crippen MR) is 120 cm³/mol. The van der Waals surface area contributed by atoms with Gasteiger partial charge in [0.1, 0.15) is 5.82 Å². The van der Waals surface area contributed by atoms with E-state index in [0.29, 0.717) is 23.8 Å². The normalized spacial score (nSPS) is 11.6. The van der Waals surface area contributed by atoms with Crippen LogP contribution in [0.2, 0.25) is 0 Å². The van der Waals surface area contributed by atoms with E-state index in [1.165, 1.54) is 5.56 Å². The number of hydrogen-bond donors (Lipinski definition) is 0. The minimum atomic E-state index is -1.24. The first kappa shape index (κ1) is 22.6. The predicted octanol–water partition coefficient (Wildman–Crippen LogP) is 6.00. The topological polar surface area (TPSA) is 39.9 Å². The second-order valence-corrected chi connectivity index (χ2v) is 8.36. The molecule has 0 amide bonds. The number of nitrogens with zero attached hydrogens (tertiary/aromatic N) is 3. The van der Waals surface area contributed by atoms with Crippen molar-refractivity contribution < 1.29 is 17.9 Å². The molecule has 1 heterocycles. The summed E-state index contributed by atoms with van der Waals surface area (Å²) in [5.41, 5.74) is 2.03.